The van der Waals surface area contributed by atoms with Crippen LogP contribution >= 0.6 is 0 Å². The van der Waals surface area contributed by atoms with Crippen LogP contribution in [0.2, 0.25) is 0 Å². The van der Waals surface area contributed by atoms with Crippen LogP contribution in [0, 0.1) is 0 Å². The minimum Gasteiger partial charge on any atom is -0.348 e. The molecule has 2 aliphatic heterocycles. The van der Waals surface area contributed by atoms with Gasteiger partial charge in [-0.1, -0.05) is 30.3 Å². The SMILES string of the molecule is O=C(N[C@H]1CCN(Cc2ccccc2)C1)c1ccc(N2CCCS2(=O)=O)cc1. The van der Waals surface area contributed by atoms with Gasteiger partial charge in [0.05, 0.1) is 11.4 Å². The van der Waals surface area contributed by atoms with Crippen molar-refractivity contribution in [1.82, 2.24) is 10.2 Å². The molecule has 148 valence electrons. The Bertz CT molecular complexity index is 929. The Balaban J connectivity index is 1.33. The van der Waals surface area contributed by atoms with E-state index in [1.54, 1.807) is 24.3 Å². The van der Waals surface area contributed by atoms with Crippen LogP contribution in [0.3, 0.4) is 0 Å². The van der Waals surface area contributed by atoms with Crippen molar-refractivity contribution < 1.29 is 13.2 Å². The number of carbonyl (C=O) groups is 1. The molecule has 0 saturated carbocycles. The zero-order chi connectivity index (χ0) is 19.6. The second-order valence-corrected chi connectivity index (χ2v) is 9.48. The second-order valence-electron chi connectivity index (χ2n) is 7.47. The van der Waals surface area contributed by atoms with Gasteiger partial charge in [0.25, 0.3) is 5.91 Å². The van der Waals surface area contributed by atoms with Crippen LogP contribution in [-0.2, 0) is 16.6 Å². The van der Waals surface area contributed by atoms with Crippen LogP contribution in [0.4, 0.5) is 5.69 Å². The van der Waals surface area contributed by atoms with Gasteiger partial charge in [0.2, 0.25) is 10.0 Å². The summed E-state index contributed by atoms with van der Waals surface area (Å²) in [5.74, 6) is 0.0820. The lowest BCUT2D eigenvalue weighted by molar-refractivity contribution is 0.0937. The fraction of sp³-hybridized carbons (Fsp3) is 0.381. The fourth-order valence-electron chi connectivity index (χ4n) is 3.91. The van der Waals surface area contributed by atoms with Crippen molar-refractivity contribution in [2.45, 2.75) is 25.4 Å². The molecular weight excluding hydrogens is 374 g/mol. The number of hydrogen-bond donors (Lipinski definition) is 1. The molecule has 0 unspecified atom stereocenters. The van der Waals surface area contributed by atoms with Crippen LogP contribution in [-0.4, -0.2) is 50.7 Å². The molecule has 7 heteroatoms. The molecule has 2 aromatic rings. The maximum atomic E-state index is 12.6. The number of amides is 1. The Kier molecular flexibility index (Phi) is 5.37. The highest BCUT2D eigenvalue weighted by Crippen LogP contribution is 2.24. The summed E-state index contributed by atoms with van der Waals surface area (Å²) in [6.07, 6.45) is 1.58. The maximum absolute atomic E-state index is 12.6. The first-order valence-corrected chi connectivity index (χ1v) is 11.3. The van der Waals surface area contributed by atoms with E-state index >= 15 is 0 Å². The molecule has 2 aromatic carbocycles. The van der Waals surface area contributed by atoms with Crippen LogP contribution in [0.15, 0.2) is 54.6 Å². The van der Waals surface area contributed by atoms with E-state index < -0.39 is 10.0 Å². The summed E-state index contributed by atoms with van der Waals surface area (Å²) in [5.41, 5.74) is 2.47. The Morgan fingerprint density at radius 1 is 1.04 bits per heavy atom. The summed E-state index contributed by atoms with van der Waals surface area (Å²) in [5, 5.41) is 3.10. The second kappa shape index (κ2) is 7.93. The number of anilines is 1. The number of hydrogen-bond acceptors (Lipinski definition) is 4. The van der Waals surface area contributed by atoms with Crippen LogP contribution in [0.1, 0.15) is 28.8 Å². The first-order valence-electron chi connectivity index (χ1n) is 9.69. The third-order valence-electron chi connectivity index (χ3n) is 5.37. The summed E-state index contributed by atoms with van der Waals surface area (Å²) in [4.78, 5) is 14.9. The van der Waals surface area contributed by atoms with Gasteiger partial charge in [-0.15, -0.1) is 0 Å². The number of likely N-dealkylation sites (tertiary alicyclic amines) is 1. The maximum Gasteiger partial charge on any atom is 0.251 e. The molecule has 6 nitrogen and oxygen atoms in total. The zero-order valence-electron chi connectivity index (χ0n) is 15.8. The Morgan fingerprint density at radius 3 is 2.46 bits per heavy atom. The van der Waals surface area contributed by atoms with Crippen LogP contribution < -0.4 is 9.62 Å². The molecule has 0 bridgehead atoms. The van der Waals surface area contributed by atoms with Crippen LogP contribution in [0.25, 0.3) is 0 Å². The van der Waals surface area contributed by atoms with Crippen LogP contribution in [0.5, 0.6) is 0 Å². The summed E-state index contributed by atoms with van der Waals surface area (Å²) >= 11 is 0. The van der Waals surface area contributed by atoms with E-state index in [1.165, 1.54) is 9.87 Å². The average molecular weight is 400 g/mol. The molecular formula is C21H25N3O3S. The van der Waals surface area contributed by atoms with Gasteiger partial charge in [0.15, 0.2) is 0 Å². The minimum absolute atomic E-state index is 0.109. The van der Waals surface area contributed by atoms with Crippen molar-refractivity contribution >= 4 is 21.6 Å². The predicted octanol–water partition coefficient (Wildman–Crippen LogP) is 2.23. The molecule has 0 aromatic heterocycles. The fourth-order valence-corrected chi connectivity index (χ4v) is 5.48. The lowest BCUT2D eigenvalue weighted by Gasteiger charge is -2.18. The largest absolute Gasteiger partial charge is 0.348 e. The van der Waals surface area contributed by atoms with Gasteiger partial charge in [-0.3, -0.25) is 14.0 Å². The van der Waals surface area contributed by atoms with Crippen molar-refractivity contribution in [3.05, 3.63) is 65.7 Å². The van der Waals surface area contributed by atoms with Crippen molar-refractivity contribution in [1.29, 1.82) is 0 Å². The molecule has 1 N–H and O–H groups in total. The molecule has 0 radical (unpaired) electrons. The highest BCUT2D eigenvalue weighted by Gasteiger charge is 2.28. The van der Waals surface area contributed by atoms with Gasteiger partial charge in [0, 0.05) is 37.8 Å². The molecule has 2 aliphatic rings. The van der Waals surface area contributed by atoms with Crippen molar-refractivity contribution in [3.63, 3.8) is 0 Å². The third kappa shape index (κ3) is 4.20. The standard InChI is InChI=1S/C21H25N3O3S/c25-21(18-7-9-20(10-8-18)24-12-4-14-28(24,26)27)22-19-11-13-23(16-19)15-17-5-2-1-3-6-17/h1-3,5-10,19H,4,11-16H2,(H,22,25)/t19-/m0/s1. The summed E-state index contributed by atoms with van der Waals surface area (Å²) in [7, 11) is -3.20. The monoisotopic (exact) mass is 399 g/mol. The number of nitrogens with one attached hydrogen (secondary N) is 1. The van der Waals surface area contributed by atoms with Gasteiger partial charge in [-0.25, -0.2) is 8.42 Å². The lowest BCUT2D eigenvalue weighted by Crippen LogP contribution is -2.37. The first-order chi connectivity index (χ1) is 13.5. The molecule has 2 fully saturated rings. The summed E-state index contributed by atoms with van der Waals surface area (Å²) in [6, 6.07) is 17.3. The predicted molar refractivity (Wildman–Crippen MR) is 110 cm³/mol. The molecule has 1 amide bonds. The Labute approximate surface area is 166 Å². The van der Waals surface area contributed by atoms with E-state index in [0.29, 0.717) is 24.2 Å². The number of nitrogens with zero attached hydrogens (tertiary/aromatic N) is 2. The van der Waals surface area contributed by atoms with Gasteiger partial charge < -0.3 is 5.32 Å². The molecule has 28 heavy (non-hydrogen) atoms. The normalized spacial score (nSPS) is 21.7. The zero-order valence-corrected chi connectivity index (χ0v) is 16.6. The topological polar surface area (TPSA) is 69.7 Å². The minimum atomic E-state index is -3.20. The van der Waals surface area contributed by atoms with Crippen molar-refractivity contribution in [2.75, 3.05) is 29.7 Å². The van der Waals surface area contributed by atoms with E-state index in [9.17, 15) is 13.2 Å². The molecule has 2 heterocycles. The number of sulfonamides is 1. The summed E-state index contributed by atoms with van der Waals surface area (Å²) < 4.78 is 25.5. The Morgan fingerprint density at radius 2 is 1.79 bits per heavy atom. The van der Waals surface area contributed by atoms with Crippen molar-refractivity contribution in [3.8, 4) is 0 Å². The molecule has 1 atom stereocenters. The quantitative estimate of drug-likeness (QED) is 0.837. The van der Waals surface area contributed by atoms with Gasteiger partial charge in [-0.05, 0) is 42.7 Å². The van der Waals surface area contributed by atoms with E-state index in [-0.39, 0.29) is 17.7 Å². The molecule has 4 rings (SSSR count). The molecule has 0 spiro atoms. The third-order valence-corrected chi connectivity index (χ3v) is 7.24. The van der Waals surface area contributed by atoms with E-state index in [1.807, 2.05) is 18.2 Å². The highest BCUT2D eigenvalue weighted by molar-refractivity contribution is 7.93. The lowest BCUT2D eigenvalue weighted by atomic mass is 10.1. The first kappa shape index (κ1) is 19.0. The average Bonchev–Trinajstić information content (AvgIpc) is 3.28. The highest BCUT2D eigenvalue weighted by atomic mass is 32.2. The smallest absolute Gasteiger partial charge is 0.251 e. The van der Waals surface area contributed by atoms with E-state index in [2.05, 4.69) is 22.3 Å². The molecule has 0 aliphatic carbocycles. The number of rotatable bonds is 5. The molecule has 2 saturated heterocycles. The van der Waals surface area contributed by atoms with Gasteiger partial charge in [0.1, 0.15) is 0 Å². The van der Waals surface area contributed by atoms with Gasteiger partial charge >= 0.3 is 0 Å². The number of benzene rings is 2. The van der Waals surface area contributed by atoms with Gasteiger partial charge in [-0.2, -0.15) is 0 Å². The van der Waals surface area contributed by atoms with Crippen molar-refractivity contribution in [2.24, 2.45) is 0 Å². The number of carbonyl (C=O) groups excluding carboxylic acids is 1. The summed E-state index contributed by atoms with van der Waals surface area (Å²) in [6.45, 7) is 3.20. The van der Waals surface area contributed by atoms with E-state index in [0.717, 1.165) is 26.1 Å². The Hall–Kier alpha value is -2.38. The van der Waals surface area contributed by atoms with E-state index in [4.69, 9.17) is 0 Å².